The first kappa shape index (κ1) is 36.4. The highest BCUT2D eigenvalue weighted by Gasteiger charge is 2.45. The van der Waals surface area contributed by atoms with Gasteiger partial charge in [0.25, 0.3) is 0 Å². The van der Waals surface area contributed by atoms with Gasteiger partial charge in [-0.1, -0.05) is 19.7 Å². The maximum atomic E-state index is 12.5. The normalized spacial score (nSPS) is 30.6. The Morgan fingerprint density at radius 1 is 0.674 bits per heavy atom. The molecule has 0 amide bonds. The Labute approximate surface area is 247 Å². The number of aliphatic hydroxyl groups excluding tert-OH is 7. The van der Waals surface area contributed by atoms with Crippen LogP contribution in [0.25, 0.3) is 0 Å². The van der Waals surface area contributed by atoms with Gasteiger partial charge >= 0.3 is 17.9 Å². The summed E-state index contributed by atoms with van der Waals surface area (Å²) in [6.45, 7) is 8.32. The Balaban J connectivity index is 1.80. The Hall–Kier alpha value is -2.77. The highest BCUT2D eigenvalue weighted by Crippen LogP contribution is 2.24. The van der Waals surface area contributed by atoms with Crippen LogP contribution >= 0.6 is 0 Å². The van der Waals surface area contributed by atoms with Gasteiger partial charge in [0.05, 0.1) is 13.2 Å². The van der Waals surface area contributed by atoms with Crippen molar-refractivity contribution in [3.63, 3.8) is 0 Å². The van der Waals surface area contributed by atoms with Crippen LogP contribution in [0.2, 0.25) is 0 Å². The molecule has 16 heteroatoms. The molecule has 0 aromatic heterocycles. The molecule has 9 atom stereocenters. The van der Waals surface area contributed by atoms with E-state index in [0.29, 0.717) is 0 Å². The zero-order valence-electron chi connectivity index (χ0n) is 23.5. The number of carbonyl (C=O) groups excluding carboxylic acids is 3. The van der Waals surface area contributed by atoms with Crippen molar-refractivity contribution < 1.29 is 78.6 Å². The van der Waals surface area contributed by atoms with E-state index in [1.807, 2.05) is 0 Å². The van der Waals surface area contributed by atoms with Crippen molar-refractivity contribution in [1.29, 1.82) is 0 Å². The monoisotopic (exact) mass is 620 g/mol. The third-order valence-electron chi connectivity index (χ3n) is 6.65. The lowest BCUT2D eigenvalue weighted by atomic mass is 9.99. The second-order valence-electron chi connectivity index (χ2n) is 9.89. The standard InChI is InChI=1S/C27H40O16/c1-13(4-7-28)24(35)40-10-16-19(30)20(31)17(11-39-16)42-26(37)15(3)6-9-38-27-23(34)22(33)21(32)18(43-27)12-41-25(36)14(2)5-8-29/h16-23,27-34H,1-12H2/t16-,17+,18+,19-,20+,21+,22-,23+,27+/m0/s1. The van der Waals surface area contributed by atoms with Gasteiger partial charge in [0.1, 0.15) is 55.9 Å². The van der Waals surface area contributed by atoms with Crippen molar-refractivity contribution in [3.8, 4) is 0 Å². The first-order valence-corrected chi connectivity index (χ1v) is 13.4. The van der Waals surface area contributed by atoms with Gasteiger partial charge in [-0.2, -0.15) is 0 Å². The molecule has 7 N–H and O–H groups in total. The van der Waals surface area contributed by atoms with Crippen LogP contribution in [0.1, 0.15) is 19.3 Å². The van der Waals surface area contributed by atoms with Crippen LogP contribution in [-0.2, 0) is 42.8 Å². The topological polar surface area (TPSA) is 248 Å². The van der Waals surface area contributed by atoms with Gasteiger partial charge in [0.15, 0.2) is 12.4 Å². The highest BCUT2D eigenvalue weighted by atomic mass is 16.7. The number of hydrogen-bond donors (Lipinski definition) is 7. The van der Waals surface area contributed by atoms with Crippen LogP contribution in [0.3, 0.4) is 0 Å². The third kappa shape index (κ3) is 10.4. The molecule has 2 aliphatic rings. The molecular weight excluding hydrogens is 580 g/mol. The van der Waals surface area contributed by atoms with E-state index in [0.717, 1.165) is 0 Å². The lowest BCUT2D eigenvalue weighted by Gasteiger charge is -2.40. The lowest BCUT2D eigenvalue weighted by molar-refractivity contribution is -0.301. The number of rotatable bonds is 16. The number of aliphatic hydroxyl groups is 7. The highest BCUT2D eigenvalue weighted by molar-refractivity contribution is 5.88. The Morgan fingerprint density at radius 2 is 1.19 bits per heavy atom. The molecule has 0 aromatic carbocycles. The second kappa shape index (κ2) is 17.5. The predicted octanol–water partition coefficient (Wildman–Crippen LogP) is -3.25. The van der Waals surface area contributed by atoms with Crippen molar-refractivity contribution in [2.24, 2.45) is 0 Å². The summed E-state index contributed by atoms with van der Waals surface area (Å²) in [7, 11) is 0. The van der Waals surface area contributed by atoms with E-state index in [9.17, 15) is 39.9 Å². The predicted molar refractivity (Wildman–Crippen MR) is 142 cm³/mol. The quantitative estimate of drug-likeness (QED) is 0.0508. The van der Waals surface area contributed by atoms with Crippen LogP contribution in [0.5, 0.6) is 0 Å². The zero-order valence-corrected chi connectivity index (χ0v) is 23.5. The van der Waals surface area contributed by atoms with Gasteiger partial charge in [0.2, 0.25) is 0 Å². The maximum absolute atomic E-state index is 12.5. The fraction of sp³-hybridized carbons (Fsp3) is 0.667. The molecule has 16 nitrogen and oxygen atoms in total. The summed E-state index contributed by atoms with van der Waals surface area (Å²) in [4.78, 5) is 36.2. The van der Waals surface area contributed by atoms with Gasteiger partial charge < -0.3 is 64.2 Å². The summed E-state index contributed by atoms with van der Waals surface area (Å²) in [5.41, 5.74) is -0.127. The molecule has 0 spiro atoms. The molecule has 0 aliphatic carbocycles. The van der Waals surface area contributed by atoms with E-state index in [1.165, 1.54) is 0 Å². The van der Waals surface area contributed by atoms with Crippen molar-refractivity contribution in [2.45, 2.75) is 74.4 Å². The number of hydrogen-bond acceptors (Lipinski definition) is 16. The summed E-state index contributed by atoms with van der Waals surface area (Å²) in [5, 5.41) is 69.0. The smallest absolute Gasteiger partial charge is 0.333 e. The lowest BCUT2D eigenvalue weighted by Crippen LogP contribution is -2.59. The van der Waals surface area contributed by atoms with E-state index >= 15 is 0 Å². The van der Waals surface area contributed by atoms with Gasteiger partial charge in [-0.3, -0.25) is 0 Å². The molecular formula is C27H40O16. The molecule has 0 aromatic rings. The number of carbonyl (C=O) groups is 3. The molecule has 2 heterocycles. The SMILES string of the molecule is C=C(CCO)C(=O)OC[C@@H]1OC[C@@H](OC(=O)C(=C)CCO[C@@H]2O[C@H](COC(=O)C(=C)CCO)[C@@H](O)[C@H](O)[C@H]2O)[C@@H](O)[C@H]1O. The van der Waals surface area contributed by atoms with E-state index in [-0.39, 0.29) is 62.4 Å². The maximum Gasteiger partial charge on any atom is 0.333 e. The van der Waals surface area contributed by atoms with Crippen LogP contribution in [0.15, 0.2) is 36.5 Å². The van der Waals surface area contributed by atoms with E-state index < -0.39 is 86.2 Å². The largest absolute Gasteiger partial charge is 0.459 e. The van der Waals surface area contributed by atoms with Gasteiger partial charge in [-0.05, 0) is 0 Å². The average molecular weight is 621 g/mol. The molecule has 43 heavy (non-hydrogen) atoms. The van der Waals surface area contributed by atoms with Gasteiger partial charge in [0, 0.05) is 49.2 Å². The van der Waals surface area contributed by atoms with Crippen molar-refractivity contribution in [2.75, 3.05) is 39.6 Å². The van der Waals surface area contributed by atoms with Gasteiger partial charge in [-0.15, -0.1) is 0 Å². The Bertz CT molecular complexity index is 997. The van der Waals surface area contributed by atoms with Crippen LogP contribution in [0.4, 0.5) is 0 Å². The number of ether oxygens (including phenoxy) is 6. The van der Waals surface area contributed by atoms with Crippen LogP contribution in [0, 0.1) is 0 Å². The molecule has 244 valence electrons. The summed E-state index contributed by atoms with van der Waals surface area (Å²) >= 11 is 0. The minimum absolute atomic E-state index is 0.00298. The van der Waals surface area contributed by atoms with Crippen molar-refractivity contribution >= 4 is 17.9 Å². The fourth-order valence-corrected chi connectivity index (χ4v) is 3.91. The summed E-state index contributed by atoms with van der Waals surface area (Å²) in [6.07, 6.45) is -13.6. The summed E-state index contributed by atoms with van der Waals surface area (Å²) < 4.78 is 31.3. The molecule has 2 rings (SSSR count). The van der Waals surface area contributed by atoms with E-state index in [4.69, 9.17) is 38.6 Å². The summed E-state index contributed by atoms with van der Waals surface area (Å²) in [5.74, 6) is -2.61. The van der Waals surface area contributed by atoms with Crippen LogP contribution < -0.4 is 0 Å². The molecule has 0 saturated carbocycles. The third-order valence-corrected chi connectivity index (χ3v) is 6.65. The van der Waals surface area contributed by atoms with Crippen molar-refractivity contribution in [1.82, 2.24) is 0 Å². The first-order valence-electron chi connectivity index (χ1n) is 13.4. The van der Waals surface area contributed by atoms with Crippen LogP contribution in [-0.4, -0.2) is 148 Å². The van der Waals surface area contributed by atoms with E-state index in [1.54, 1.807) is 0 Å². The Kier molecular flexibility index (Phi) is 14.8. The average Bonchev–Trinajstić information content (AvgIpc) is 2.98. The van der Waals surface area contributed by atoms with E-state index in [2.05, 4.69) is 19.7 Å². The molecule has 2 fully saturated rings. The minimum Gasteiger partial charge on any atom is -0.459 e. The summed E-state index contributed by atoms with van der Waals surface area (Å²) in [6, 6.07) is 0. The first-order chi connectivity index (χ1) is 20.3. The van der Waals surface area contributed by atoms with Gasteiger partial charge in [-0.25, -0.2) is 14.4 Å². The number of esters is 3. The molecule has 2 saturated heterocycles. The Morgan fingerprint density at radius 3 is 1.74 bits per heavy atom. The fourth-order valence-electron chi connectivity index (χ4n) is 3.91. The molecule has 2 aliphatic heterocycles. The molecule has 0 radical (unpaired) electrons. The molecule has 0 bridgehead atoms. The molecule has 0 unspecified atom stereocenters. The van der Waals surface area contributed by atoms with Crippen molar-refractivity contribution in [3.05, 3.63) is 36.5 Å². The minimum atomic E-state index is -1.72. The zero-order chi connectivity index (χ0) is 32.3. The second-order valence-corrected chi connectivity index (χ2v) is 9.89.